The Morgan fingerprint density at radius 2 is 1.65 bits per heavy atom. The van der Waals surface area contributed by atoms with Crippen molar-refractivity contribution in [3.8, 4) is 0 Å². The first-order chi connectivity index (χ1) is 12.6. The van der Waals surface area contributed by atoms with Gasteiger partial charge in [0.15, 0.2) is 5.82 Å². The minimum absolute atomic E-state index is 0.102. The van der Waals surface area contributed by atoms with Gasteiger partial charge in [-0.15, -0.1) is 5.10 Å². The summed E-state index contributed by atoms with van der Waals surface area (Å²) in [6.07, 6.45) is 2.48. The van der Waals surface area contributed by atoms with Crippen LogP contribution in [-0.4, -0.2) is 61.3 Å². The number of aromatic nitrogens is 2. The second kappa shape index (κ2) is 6.94. The summed E-state index contributed by atoms with van der Waals surface area (Å²) in [5.41, 5.74) is 2.96. The van der Waals surface area contributed by atoms with Crippen LogP contribution in [-0.2, 0) is 0 Å². The Morgan fingerprint density at radius 3 is 2.19 bits per heavy atom. The molecule has 1 aromatic heterocycles. The van der Waals surface area contributed by atoms with Gasteiger partial charge in [0, 0.05) is 57.4 Å². The molecule has 1 aliphatic carbocycles. The van der Waals surface area contributed by atoms with E-state index in [1.165, 1.54) is 12.8 Å². The molecule has 0 spiro atoms. The molecule has 0 bridgehead atoms. The first kappa shape index (κ1) is 16.8. The van der Waals surface area contributed by atoms with Gasteiger partial charge in [-0.2, -0.15) is 5.10 Å². The molecule has 4 rings (SSSR count). The number of rotatable bonds is 4. The minimum atomic E-state index is 0.102. The maximum absolute atomic E-state index is 12.7. The van der Waals surface area contributed by atoms with Crippen LogP contribution in [0.25, 0.3) is 0 Å². The van der Waals surface area contributed by atoms with Crippen LogP contribution < -0.4 is 9.80 Å². The van der Waals surface area contributed by atoms with Crippen LogP contribution in [0.15, 0.2) is 36.4 Å². The summed E-state index contributed by atoms with van der Waals surface area (Å²) in [6, 6.07) is 12.0. The molecule has 2 aromatic rings. The van der Waals surface area contributed by atoms with E-state index in [9.17, 15) is 4.79 Å². The quantitative estimate of drug-likeness (QED) is 0.847. The van der Waals surface area contributed by atoms with E-state index in [2.05, 4.69) is 27.2 Å². The lowest BCUT2D eigenvalue weighted by molar-refractivity contribution is 0.0746. The van der Waals surface area contributed by atoms with E-state index in [-0.39, 0.29) is 5.91 Å². The maximum Gasteiger partial charge on any atom is 0.253 e. The molecule has 6 heteroatoms. The molecule has 2 aliphatic rings. The fourth-order valence-corrected chi connectivity index (χ4v) is 3.32. The number of hydrogen-bond donors (Lipinski definition) is 0. The molecule has 0 N–H and O–H groups in total. The zero-order chi connectivity index (χ0) is 18.1. The predicted molar refractivity (Wildman–Crippen MR) is 103 cm³/mol. The van der Waals surface area contributed by atoms with Crippen molar-refractivity contribution in [2.45, 2.75) is 18.8 Å². The van der Waals surface area contributed by atoms with Crippen molar-refractivity contribution in [1.82, 2.24) is 15.1 Å². The molecule has 26 heavy (non-hydrogen) atoms. The van der Waals surface area contributed by atoms with Crippen LogP contribution in [0.5, 0.6) is 0 Å². The van der Waals surface area contributed by atoms with Gasteiger partial charge in [0.05, 0.1) is 5.69 Å². The van der Waals surface area contributed by atoms with Crippen molar-refractivity contribution in [3.05, 3.63) is 47.7 Å². The Morgan fingerprint density at radius 1 is 0.962 bits per heavy atom. The van der Waals surface area contributed by atoms with E-state index in [4.69, 9.17) is 0 Å². The molecule has 6 nitrogen and oxygen atoms in total. The maximum atomic E-state index is 12.7. The standard InChI is InChI=1S/C20H25N5O/c1-23(2)17-7-5-16(6-8-17)20(26)25-13-11-24(12-14-25)19-10-9-18(21-22-19)15-3-4-15/h5-10,15H,3-4,11-14H2,1-2H3. The van der Waals surface area contributed by atoms with Crippen LogP contribution in [0.3, 0.4) is 0 Å². The van der Waals surface area contributed by atoms with Gasteiger partial charge in [0.2, 0.25) is 0 Å². The van der Waals surface area contributed by atoms with Gasteiger partial charge in [0.1, 0.15) is 0 Å². The van der Waals surface area contributed by atoms with E-state index < -0.39 is 0 Å². The Hall–Kier alpha value is -2.63. The number of anilines is 2. The van der Waals surface area contributed by atoms with Gasteiger partial charge in [-0.1, -0.05) is 0 Å². The number of amides is 1. The molecule has 1 aromatic carbocycles. The Kier molecular flexibility index (Phi) is 4.49. The van der Waals surface area contributed by atoms with E-state index in [0.29, 0.717) is 19.0 Å². The first-order valence-corrected chi connectivity index (χ1v) is 9.27. The summed E-state index contributed by atoms with van der Waals surface area (Å²) in [5.74, 6) is 1.65. The summed E-state index contributed by atoms with van der Waals surface area (Å²) in [5, 5.41) is 8.75. The second-order valence-corrected chi connectivity index (χ2v) is 7.31. The van der Waals surface area contributed by atoms with Crippen LogP contribution in [0, 0.1) is 0 Å². The molecule has 2 heterocycles. The molecule has 1 amide bonds. The van der Waals surface area contributed by atoms with E-state index in [0.717, 1.165) is 35.9 Å². The first-order valence-electron chi connectivity index (χ1n) is 9.27. The predicted octanol–water partition coefficient (Wildman–Crippen LogP) is 2.38. The van der Waals surface area contributed by atoms with Crippen LogP contribution in [0.2, 0.25) is 0 Å². The zero-order valence-corrected chi connectivity index (χ0v) is 15.4. The highest BCUT2D eigenvalue weighted by Crippen LogP contribution is 2.38. The average Bonchev–Trinajstić information content (AvgIpc) is 3.53. The number of carbonyl (C=O) groups excluding carboxylic acids is 1. The molecular weight excluding hydrogens is 326 g/mol. The van der Waals surface area contributed by atoms with E-state index >= 15 is 0 Å². The lowest BCUT2D eigenvalue weighted by Crippen LogP contribution is -2.49. The minimum Gasteiger partial charge on any atom is -0.378 e. The summed E-state index contributed by atoms with van der Waals surface area (Å²) in [7, 11) is 3.99. The molecule has 0 radical (unpaired) electrons. The number of nitrogens with zero attached hydrogens (tertiary/aromatic N) is 5. The summed E-state index contributed by atoms with van der Waals surface area (Å²) in [4.78, 5) is 18.9. The Balaban J connectivity index is 1.35. The highest BCUT2D eigenvalue weighted by atomic mass is 16.2. The van der Waals surface area contributed by atoms with Crippen molar-refractivity contribution < 1.29 is 4.79 Å². The van der Waals surface area contributed by atoms with E-state index in [1.807, 2.05) is 48.2 Å². The van der Waals surface area contributed by atoms with Crippen LogP contribution in [0.4, 0.5) is 11.5 Å². The van der Waals surface area contributed by atoms with Gasteiger partial charge in [-0.25, -0.2) is 0 Å². The smallest absolute Gasteiger partial charge is 0.253 e. The van der Waals surface area contributed by atoms with Crippen LogP contribution >= 0.6 is 0 Å². The van der Waals surface area contributed by atoms with Crippen molar-refractivity contribution in [2.24, 2.45) is 0 Å². The topological polar surface area (TPSA) is 52.6 Å². The number of piperazine rings is 1. The average molecular weight is 351 g/mol. The van der Waals surface area contributed by atoms with E-state index in [1.54, 1.807) is 0 Å². The molecule has 1 aliphatic heterocycles. The fourth-order valence-electron chi connectivity index (χ4n) is 3.32. The Bertz CT molecular complexity index is 760. The monoisotopic (exact) mass is 351 g/mol. The molecule has 1 saturated heterocycles. The Labute approximate surface area is 154 Å². The summed E-state index contributed by atoms with van der Waals surface area (Å²) in [6.45, 7) is 3.00. The van der Waals surface area contributed by atoms with Crippen LogP contribution in [0.1, 0.15) is 34.8 Å². The fraction of sp³-hybridized carbons (Fsp3) is 0.450. The molecule has 1 saturated carbocycles. The van der Waals surface area contributed by atoms with Gasteiger partial charge >= 0.3 is 0 Å². The highest BCUT2D eigenvalue weighted by Gasteiger charge is 2.26. The summed E-state index contributed by atoms with van der Waals surface area (Å²) < 4.78 is 0. The molecule has 2 fully saturated rings. The molecule has 0 atom stereocenters. The third kappa shape index (κ3) is 3.49. The van der Waals surface area contributed by atoms with Crippen molar-refractivity contribution in [1.29, 1.82) is 0 Å². The largest absolute Gasteiger partial charge is 0.378 e. The van der Waals surface area contributed by atoms with Gasteiger partial charge in [0.25, 0.3) is 5.91 Å². The molecule has 136 valence electrons. The number of hydrogen-bond acceptors (Lipinski definition) is 5. The van der Waals surface area contributed by atoms with Crippen molar-refractivity contribution >= 4 is 17.4 Å². The lowest BCUT2D eigenvalue weighted by Gasteiger charge is -2.35. The lowest BCUT2D eigenvalue weighted by atomic mass is 10.1. The van der Waals surface area contributed by atoms with Crippen molar-refractivity contribution in [2.75, 3.05) is 50.1 Å². The highest BCUT2D eigenvalue weighted by molar-refractivity contribution is 5.94. The second-order valence-electron chi connectivity index (χ2n) is 7.31. The normalized spacial score (nSPS) is 17.3. The zero-order valence-electron chi connectivity index (χ0n) is 15.4. The SMILES string of the molecule is CN(C)c1ccc(C(=O)N2CCN(c3ccc(C4CC4)nn3)CC2)cc1. The third-order valence-electron chi connectivity index (χ3n) is 5.19. The molecule has 0 unspecified atom stereocenters. The summed E-state index contributed by atoms with van der Waals surface area (Å²) >= 11 is 0. The van der Waals surface area contributed by atoms with Gasteiger partial charge < -0.3 is 14.7 Å². The number of benzene rings is 1. The van der Waals surface area contributed by atoms with Gasteiger partial charge in [-0.3, -0.25) is 4.79 Å². The number of carbonyl (C=O) groups is 1. The molecular formula is C20H25N5O. The van der Waals surface area contributed by atoms with Gasteiger partial charge in [-0.05, 0) is 49.2 Å². The van der Waals surface area contributed by atoms with Crippen molar-refractivity contribution in [3.63, 3.8) is 0 Å². The third-order valence-corrected chi connectivity index (χ3v) is 5.19.